The van der Waals surface area contributed by atoms with Crippen molar-refractivity contribution >= 4 is 18.9 Å². The number of hydrogen-bond donors (Lipinski definition) is 0. The summed E-state index contributed by atoms with van der Waals surface area (Å²) in [4.78, 5) is 2.45. The minimum Gasteiger partial charge on any atom is -0.400 e. The number of hydrogen-bond acceptors (Lipinski definition) is 1. The van der Waals surface area contributed by atoms with Crippen molar-refractivity contribution in [1.29, 1.82) is 0 Å². The van der Waals surface area contributed by atoms with Gasteiger partial charge < -0.3 is 4.48 Å². The van der Waals surface area contributed by atoms with E-state index in [0.29, 0.717) is 5.92 Å². The molecule has 0 spiro atoms. The summed E-state index contributed by atoms with van der Waals surface area (Å²) in [5.41, 5.74) is 3.43. The summed E-state index contributed by atoms with van der Waals surface area (Å²) < 4.78 is 15.3. The van der Waals surface area contributed by atoms with Crippen LogP contribution in [0, 0.1) is 5.82 Å². The predicted octanol–water partition coefficient (Wildman–Crippen LogP) is 2.41. The van der Waals surface area contributed by atoms with Gasteiger partial charge in [-0.3, -0.25) is 4.90 Å². The molecule has 0 amide bonds. The first-order chi connectivity index (χ1) is 8.74. The molecule has 0 aliphatic carbocycles. The molecule has 2 bridgehead atoms. The zero-order valence-corrected chi connectivity index (χ0v) is 10.2. The van der Waals surface area contributed by atoms with E-state index in [1.54, 1.807) is 16.6 Å². The molecule has 0 saturated carbocycles. The number of halogens is 1. The highest BCUT2D eigenvalue weighted by atomic mass is 19.1. The van der Waals surface area contributed by atoms with Gasteiger partial charge in [0.1, 0.15) is 5.82 Å². The van der Waals surface area contributed by atoms with E-state index in [9.17, 15) is 4.39 Å². The molecule has 0 unspecified atom stereocenters. The number of rotatable bonds is 0. The molecule has 2 aromatic rings. The maximum absolute atomic E-state index is 13.5. The minimum absolute atomic E-state index is 0.178. The summed E-state index contributed by atoms with van der Waals surface area (Å²) in [6.07, 6.45) is 2.34. The summed E-state index contributed by atoms with van der Waals surface area (Å²) in [6, 6.07) is 4.91. The molecule has 0 atom stereocenters. The first kappa shape index (κ1) is 10.6. The number of piperidine rings is 1. The Labute approximate surface area is 107 Å². The van der Waals surface area contributed by atoms with Crippen molar-refractivity contribution in [2.24, 2.45) is 0 Å². The van der Waals surface area contributed by atoms with Gasteiger partial charge in [-0.05, 0) is 49.7 Å². The van der Waals surface area contributed by atoms with Crippen molar-refractivity contribution in [3.05, 3.63) is 35.3 Å². The summed E-state index contributed by atoms with van der Waals surface area (Å²) in [6.45, 7) is 3.18. The first-order valence-corrected chi connectivity index (χ1v) is 6.54. The fourth-order valence-electron chi connectivity index (χ4n) is 3.57. The Kier molecular flexibility index (Phi) is 2.13. The Morgan fingerprint density at radius 3 is 2.78 bits per heavy atom. The molecule has 5 rings (SSSR count). The van der Waals surface area contributed by atoms with Crippen LogP contribution < -0.4 is 0 Å². The lowest BCUT2D eigenvalue weighted by Crippen LogP contribution is -2.29. The minimum atomic E-state index is -0.178. The number of nitrogens with zero attached hydrogens (tertiary/aromatic N) is 2. The van der Waals surface area contributed by atoms with Crippen LogP contribution in [0.1, 0.15) is 30.0 Å². The van der Waals surface area contributed by atoms with Crippen LogP contribution in [-0.2, 0) is 6.54 Å². The zero-order valence-electron chi connectivity index (χ0n) is 10.2. The standard InChI is InChI=1S/C14H14BFN2/c15-18-13-2-1-10(16)7-11(13)12-8-17-5-3-9(4-6-17)14(12)18/h1-2,7,9H,3-6,8H2. The van der Waals surface area contributed by atoms with Crippen LogP contribution in [0.25, 0.3) is 10.9 Å². The molecule has 2 radical (unpaired) electrons. The quantitative estimate of drug-likeness (QED) is 0.642. The molecule has 3 aliphatic heterocycles. The fourth-order valence-corrected chi connectivity index (χ4v) is 3.57. The van der Waals surface area contributed by atoms with E-state index < -0.39 is 0 Å². The Bertz CT molecular complexity index is 626. The van der Waals surface area contributed by atoms with Crippen LogP contribution in [0.5, 0.6) is 0 Å². The Hall–Kier alpha value is -1.29. The van der Waals surface area contributed by atoms with Crippen molar-refractivity contribution in [2.45, 2.75) is 25.3 Å². The molecule has 4 heterocycles. The fraction of sp³-hybridized carbons (Fsp3) is 0.429. The molecule has 4 heteroatoms. The largest absolute Gasteiger partial charge is 0.400 e. The number of benzene rings is 1. The van der Waals surface area contributed by atoms with Gasteiger partial charge in [-0.25, -0.2) is 4.39 Å². The maximum Gasteiger partial charge on any atom is 0.234 e. The first-order valence-electron chi connectivity index (χ1n) is 6.54. The van der Waals surface area contributed by atoms with Crippen molar-refractivity contribution in [3.8, 4) is 0 Å². The van der Waals surface area contributed by atoms with Crippen LogP contribution >= 0.6 is 0 Å². The van der Waals surface area contributed by atoms with Crippen molar-refractivity contribution in [3.63, 3.8) is 0 Å². The second-order valence-corrected chi connectivity index (χ2v) is 5.45. The summed E-state index contributed by atoms with van der Waals surface area (Å²) in [5, 5.41) is 0.992. The monoisotopic (exact) mass is 240 g/mol. The van der Waals surface area contributed by atoms with Crippen molar-refractivity contribution < 1.29 is 4.39 Å². The Morgan fingerprint density at radius 2 is 2.00 bits per heavy atom. The predicted molar refractivity (Wildman–Crippen MR) is 70.3 cm³/mol. The van der Waals surface area contributed by atoms with E-state index in [1.807, 2.05) is 0 Å². The van der Waals surface area contributed by atoms with Crippen LogP contribution in [-0.4, -0.2) is 30.4 Å². The van der Waals surface area contributed by atoms with Gasteiger partial charge in [0.15, 0.2) is 0 Å². The molecule has 0 N–H and O–H groups in total. The molecule has 18 heavy (non-hydrogen) atoms. The molecule has 2 nitrogen and oxygen atoms in total. The lowest BCUT2D eigenvalue weighted by atomic mass is 9.93. The Morgan fingerprint density at radius 1 is 1.22 bits per heavy atom. The highest BCUT2D eigenvalue weighted by molar-refractivity contribution is 6.13. The van der Waals surface area contributed by atoms with E-state index in [2.05, 4.69) is 4.90 Å². The normalized spacial score (nSPS) is 26.3. The summed E-state index contributed by atoms with van der Waals surface area (Å²) in [7, 11) is 6.24. The topological polar surface area (TPSA) is 8.17 Å². The summed E-state index contributed by atoms with van der Waals surface area (Å²) in [5.74, 6) is 0.363. The van der Waals surface area contributed by atoms with Gasteiger partial charge in [0.2, 0.25) is 7.98 Å². The molecule has 1 aromatic carbocycles. The third kappa shape index (κ3) is 1.32. The number of aromatic nitrogens is 1. The van der Waals surface area contributed by atoms with Gasteiger partial charge in [0, 0.05) is 29.1 Å². The lowest BCUT2D eigenvalue weighted by molar-refractivity contribution is 0.220. The molecule has 1 saturated heterocycles. The van der Waals surface area contributed by atoms with E-state index >= 15 is 0 Å². The van der Waals surface area contributed by atoms with Crippen LogP contribution in [0.4, 0.5) is 4.39 Å². The molecule has 1 aromatic heterocycles. The van der Waals surface area contributed by atoms with Crippen molar-refractivity contribution in [2.75, 3.05) is 13.1 Å². The molecular weight excluding hydrogens is 226 g/mol. The van der Waals surface area contributed by atoms with Gasteiger partial charge in [-0.15, -0.1) is 0 Å². The smallest absolute Gasteiger partial charge is 0.234 e. The van der Waals surface area contributed by atoms with E-state index in [0.717, 1.165) is 30.5 Å². The van der Waals surface area contributed by atoms with Crippen LogP contribution in [0.3, 0.4) is 0 Å². The van der Waals surface area contributed by atoms with Gasteiger partial charge in [-0.1, -0.05) is 0 Å². The molecule has 90 valence electrons. The van der Waals surface area contributed by atoms with E-state index in [-0.39, 0.29) is 5.82 Å². The van der Waals surface area contributed by atoms with Gasteiger partial charge in [0.05, 0.1) is 0 Å². The third-order valence-electron chi connectivity index (χ3n) is 4.47. The highest BCUT2D eigenvalue weighted by Gasteiger charge is 2.31. The second-order valence-electron chi connectivity index (χ2n) is 5.45. The molecular formula is C14H14BFN2. The van der Waals surface area contributed by atoms with Gasteiger partial charge in [0.25, 0.3) is 0 Å². The average molecular weight is 240 g/mol. The second kappa shape index (κ2) is 3.61. The Balaban J connectivity index is 2.05. The highest BCUT2D eigenvalue weighted by Crippen LogP contribution is 2.40. The molecule has 3 aliphatic rings. The lowest BCUT2D eigenvalue weighted by Gasteiger charge is -2.27. The van der Waals surface area contributed by atoms with Crippen molar-refractivity contribution in [1.82, 2.24) is 9.38 Å². The van der Waals surface area contributed by atoms with E-state index in [1.165, 1.54) is 30.2 Å². The zero-order chi connectivity index (χ0) is 12.3. The summed E-state index contributed by atoms with van der Waals surface area (Å²) >= 11 is 0. The average Bonchev–Trinajstić information content (AvgIpc) is 2.57. The third-order valence-corrected chi connectivity index (χ3v) is 4.47. The number of fused-ring (bicyclic) bond motifs is 3. The van der Waals surface area contributed by atoms with Gasteiger partial charge in [-0.2, -0.15) is 0 Å². The van der Waals surface area contributed by atoms with Crippen LogP contribution in [0.15, 0.2) is 18.2 Å². The van der Waals surface area contributed by atoms with Gasteiger partial charge >= 0.3 is 0 Å². The van der Waals surface area contributed by atoms with E-state index in [4.69, 9.17) is 7.98 Å². The van der Waals surface area contributed by atoms with Crippen LogP contribution in [0.2, 0.25) is 0 Å². The SMILES string of the molecule is [B]n1c2c(c3cc(F)ccc31)CN1CCC2CC1. The molecule has 1 fully saturated rings. The maximum atomic E-state index is 13.5.